The van der Waals surface area contributed by atoms with Crippen molar-refractivity contribution in [1.29, 1.82) is 0 Å². The number of rotatable bonds is 2. The van der Waals surface area contributed by atoms with E-state index in [0.29, 0.717) is 22.6 Å². The van der Waals surface area contributed by atoms with Crippen molar-refractivity contribution in [3.05, 3.63) is 70.8 Å². The number of Topliss-reactive ketones (excluding diaryl/α,β-unsaturated/α-hetero) is 1. The molecular weight excluding hydrogens is 326 g/mol. The Morgan fingerprint density at radius 3 is 2.46 bits per heavy atom. The van der Waals surface area contributed by atoms with Crippen LogP contribution < -0.4 is 5.73 Å². The second-order valence-electron chi connectivity index (χ2n) is 7.84. The number of benzene rings is 2. The first-order chi connectivity index (χ1) is 12.2. The number of nitrogen functional groups attached to an aromatic ring is 1. The Balaban J connectivity index is 1.89. The van der Waals surface area contributed by atoms with Crippen molar-refractivity contribution < 1.29 is 14.6 Å². The van der Waals surface area contributed by atoms with Crippen LogP contribution >= 0.6 is 0 Å². The van der Waals surface area contributed by atoms with Crippen molar-refractivity contribution >= 4 is 17.2 Å². The van der Waals surface area contributed by atoms with Crippen LogP contribution in [0.25, 0.3) is 5.76 Å². The summed E-state index contributed by atoms with van der Waals surface area (Å²) in [7, 11) is 0. The average molecular weight is 349 g/mol. The molecule has 2 aromatic rings. The monoisotopic (exact) mass is 349 g/mol. The predicted molar refractivity (Wildman–Crippen MR) is 101 cm³/mol. The summed E-state index contributed by atoms with van der Waals surface area (Å²) in [5.41, 5.74) is 7.19. The number of carbonyl (C=O) groups is 1. The van der Waals surface area contributed by atoms with Gasteiger partial charge in [0.05, 0.1) is 5.57 Å². The van der Waals surface area contributed by atoms with E-state index in [2.05, 4.69) is 0 Å². The summed E-state index contributed by atoms with van der Waals surface area (Å²) in [6, 6.07) is 14.8. The van der Waals surface area contributed by atoms with E-state index >= 15 is 0 Å². The van der Waals surface area contributed by atoms with E-state index in [1.807, 2.05) is 57.2 Å². The van der Waals surface area contributed by atoms with Gasteiger partial charge in [-0.3, -0.25) is 4.79 Å². The molecule has 2 atom stereocenters. The Labute approximate surface area is 153 Å². The normalized spacial score (nSPS) is 26.3. The zero-order valence-electron chi connectivity index (χ0n) is 15.2. The van der Waals surface area contributed by atoms with Crippen LogP contribution in [0.5, 0.6) is 0 Å². The zero-order valence-corrected chi connectivity index (χ0v) is 15.2. The highest BCUT2D eigenvalue weighted by Crippen LogP contribution is 2.53. The van der Waals surface area contributed by atoms with Crippen LogP contribution in [-0.4, -0.2) is 17.0 Å². The summed E-state index contributed by atoms with van der Waals surface area (Å²) >= 11 is 0. The molecule has 1 aliphatic carbocycles. The summed E-state index contributed by atoms with van der Waals surface area (Å²) < 4.78 is 6.07. The fraction of sp³-hybridized carbons (Fsp3) is 0.318. The molecule has 4 rings (SSSR count). The molecule has 1 heterocycles. The van der Waals surface area contributed by atoms with Gasteiger partial charge in [-0.05, 0) is 24.6 Å². The number of nitrogens with two attached hydrogens (primary N) is 1. The third-order valence-electron chi connectivity index (χ3n) is 5.84. The molecule has 0 spiro atoms. The van der Waals surface area contributed by atoms with E-state index in [-0.39, 0.29) is 18.3 Å². The molecule has 4 heteroatoms. The standard InChI is InChI=1S/C22H23NO3/c1-13-21(2,3)18-19(26-13)16-6-4-5-7-17(16)22(25,20(18)24)12-14-8-10-15(23)11-9-14/h4-11,13,25H,12,23H2,1-3H3. The molecule has 2 aliphatic rings. The fourth-order valence-corrected chi connectivity index (χ4v) is 3.95. The molecule has 0 fully saturated rings. The van der Waals surface area contributed by atoms with Crippen molar-refractivity contribution in [3.63, 3.8) is 0 Å². The molecule has 4 nitrogen and oxygen atoms in total. The minimum Gasteiger partial charge on any atom is -0.489 e. The number of carbonyl (C=O) groups excluding carboxylic acids is 1. The highest BCUT2D eigenvalue weighted by Gasteiger charge is 2.55. The van der Waals surface area contributed by atoms with Crippen LogP contribution in [-0.2, 0) is 21.6 Å². The van der Waals surface area contributed by atoms with Crippen molar-refractivity contribution in [2.75, 3.05) is 5.73 Å². The molecule has 1 aliphatic heterocycles. The van der Waals surface area contributed by atoms with Crippen molar-refractivity contribution in [2.45, 2.75) is 38.9 Å². The van der Waals surface area contributed by atoms with Crippen LogP contribution in [0.3, 0.4) is 0 Å². The minimum atomic E-state index is -1.61. The summed E-state index contributed by atoms with van der Waals surface area (Å²) in [5, 5.41) is 11.6. The van der Waals surface area contributed by atoms with E-state index in [4.69, 9.17) is 10.5 Å². The van der Waals surface area contributed by atoms with Gasteiger partial charge in [0.1, 0.15) is 11.9 Å². The topological polar surface area (TPSA) is 72.5 Å². The van der Waals surface area contributed by atoms with E-state index in [9.17, 15) is 9.90 Å². The summed E-state index contributed by atoms with van der Waals surface area (Å²) in [6.45, 7) is 5.96. The minimum absolute atomic E-state index is 0.136. The quantitative estimate of drug-likeness (QED) is 0.815. The molecule has 0 aromatic heterocycles. The Kier molecular flexibility index (Phi) is 3.53. The molecule has 26 heavy (non-hydrogen) atoms. The second kappa shape index (κ2) is 5.45. The maximum absolute atomic E-state index is 13.5. The average Bonchev–Trinajstić information content (AvgIpc) is 2.85. The van der Waals surface area contributed by atoms with Crippen LogP contribution in [0.15, 0.2) is 54.1 Å². The molecule has 0 saturated carbocycles. The van der Waals surface area contributed by atoms with Gasteiger partial charge in [-0.25, -0.2) is 0 Å². The summed E-state index contributed by atoms with van der Waals surface area (Å²) in [4.78, 5) is 13.5. The van der Waals surface area contributed by atoms with Crippen molar-refractivity contribution in [3.8, 4) is 0 Å². The van der Waals surface area contributed by atoms with Crippen LogP contribution in [0.4, 0.5) is 5.69 Å². The van der Waals surface area contributed by atoms with E-state index in [0.717, 1.165) is 11.1 Å². The van der Waals surface area contributed by atoms with Crippen LogP contribution in [0.1, 0.15) is 37.5 Å². The summed E-state index contributed by atoms with van der Waals surface area (Å²) in [5.74, 6) is 0.349. The second-order valence-corrected chi connectivity index (χ2v) is 7.84. The number of aliphatic hydroxyl groups is 1. The first-order valence-corrected chi connectivity index (χ1v) is 8.88. The van der Waals surface area contributed by atoms with Gasteiger partial charge in [-0.1, -0.05) is 50.2 Å². The largest absolute Gasteiger partial charge is 0.489 e. The highest BCUT2D eigenvalue weighted by atomic mass is 16.5. The number of fused-ring (bicyclic) bond motifs is 2. The Morgan fingerprint density at radius 1 is 1.12 bits per heavy atom. The predicted octanol–water partition coefficient (Wildman–Crippen LogP) is 3.44. The molecule has 2 unspecified atom stereocenters. The Bertz CT molecular complexity index is 927. The Morgan fingerprint density at radius 2 is 1.77 bits per heavy atom. The molecule has 0 amide bonds. The van der Waals surface area contributed by atoms with Crippen LogP contribution in [0, 0.1) is 5.41 Å². The molecular formula is C22H23NO3. The van der Waals surface area contributed by atoms with Gasteiger partial charge >= 0.3 is 0 Å². The summed E-state index contributed by atoms with van der Waals surface area (Å²) in [6.07, 6.45) is 0.0630. The first-order valence-electron chi connectivity index (χ1n) is 8.88. The van der Waals surface area contributed by atoms with Gasteiger partial charge in [-0.2, -0.15) is 0 Å². The molecule has 134 valence electrons. The smallest absolute Gasteiger partial charge is 0.199 e. The van der Waals surface area contributed by atoms with Gasteiger partial charge in [-0.15, -0.1) is 0 Å². The lowest BCUT2D eigenvalue weighted by Gasteiger charge is -2.35. The third kappa shape index (κ3) is 2.22. The molecule has 2 aromatic carbocycles. The zero-order chi connectivity index (χ0) is 18.7. The molecule has 0 radical (unpaired) electrons. The number of anilines is 1. The lowest BCUT2D eigenvalue weighted by molar-refractivity contribution is -0.135. The lowest BCUT2D eigenvalue weighted by atomic mass is 9.67. The number of ether oxygens (including phenoxy) is 1. The van der Waals surface area contributed by atoms with Crippen molar-refractivity contribution in [1.82, 2.24) is 0 Å². The van der Waals surface area contributed by atoms with E-state index in [1.54, 1.807) is 12.1 Å². The Hall–Kier alpha value is -2.59. The lowest BCUT2D eigenvalue weighted by Crippen LogP contribution is -2.45. The molecule has 0 bridgehead atoms. The first kappa shape index (κ1) is 16.9. The number of hydrogen-bond donors (Lipinski definition) is 2. The molecule has 3 N–H and O–H groups in total. The van der Waals surface area contributed by atoms with Crippen LogP contribution in [0.2, 0.25) is 0 Å². The van der Waals surface area contributed by atoms with Gasteiger partial charge in [0, 0.05) is 28.7 Å². The molecule has 0 saturated heterocycles. The maximum atomic E-state index is 13.5. The SMILES string of the molecule is CC1OC2=C(C(=O)C(O)(Cc3ccc(N)cc3)c3ccccc32)C1(C)C. The fourth-order valence-electron chi connectivity index (χ4n) is 3.95. The van der Waals surface area contributed by atoms with Gasteiger partial charge in [0.25, 0.3) is 0 Å². The highest BCUT2D eigenvalue weighted by molar-refractivity contribution is 6.12. The number of hydrogen-bond acceptors (Lipinski definition) is 4. The third-order valence-corrected chi connectivity index (χ3v) is 5.84. The van der Waals surface area contributed by atoms with Gasteiger partial charge in [0.2, 0.25) is 0 Å². The van der Waals surface area contributed by atoms with Crippen molar-refractivity contribution in [2.24, 2.45) is 5.41 Å². The maximum Gasteiger partial charge on any atom is 0.199 e. The van der Waals surface area contributed by atoms with Gasteiger partial charge < -0.3 is 15.6 Å². The van der Waals surface area contributed by atoms with E-state index < -0.39 is 11.0 Å². The van der Waals surface area contributed by atoms with E-state index in [1.165, 1.54) is 0 Å². The van der Waals surface area contributed by atoms with Gasteiger partial charge in [0.15, 0.2) is 11.4 Å². The number of ketones is 1.